The molecule has 0 aliphatic heterocycles. The van der Waals surface area contributed by atoms with Crippen LogP contribution in [0.2, 0.25) is 0 Å². The molecule has 0 bridgehead atoms. The molecule has 0 aromatic heterocycles. The van der Waals surface area contributed by atoms with Crippen molar-refractivity contribution in [2.24, 2.45) is 0 Å². The second-order valence-electron chi connectivity index (χ2n) is 12.6. The summed E-state index contributed by atoms with van der Waals surface area (Å²) in [5.74, 6) is 0. The van der Waals surface area contributed by atoms with E-state index in [1.54, 1.807) is 0 Å². The van der Waals surface area contributed by atoms with Gasteiger partial charge in [-0.3, -0.25) is 4.57 Å². The van der Waals surface area contributed by atoms with Crippen molar-refractivity contribution in [2.45, 2.75) is 219 Å². The van der Waals surface area contributed by atoms with Gasteiger partial charge in [0.1, 0.15) is 0 Å². The molecule has 0 aromatic rings. The Morgan fingerprint density at radius 3 is 0.850 bits per heavy atom. The predicted molar refractivity (Wildman–Crippen MR) is 179 cm³/mol. The number of unbranched alkanes of at least 4 members (excludes halogenated alkanes) is 30. The summed E-state index contributed by atoms with van der Waals surface area (Å²) in [6, 6.07) is 0. The van der Waals surface area contributed by atoms with Gasteiger partial charge >= 0.3 is 0 Å². The van der Waals surface area contributed by atoms with Crippen LogP contribution in [0.15, 0.2) is 0 Å². The third-order valence-electron chi connectivity index (χ3n) is 8.50. The third-order valence-corrected chi connectivity index (χ3v) is 9.78. The Bertz CT molecular complexity index is 460. The Balaban J connectivity index is 0. The molecule has 0 saturated carbocycles. The van der Waals surface area contributed by atoms with Crippen LogP contribution in [0, 0.1) is 40.8 Å². The van der Waals surface area contributed by atoms with E-state index in [2.05, 4.69) is 13.8 Å². The first-order chi connectivity index (χ1) is 19.3. The smallest absolute Gasteiger partial charge is 0.191 e. The van der Waals surface area contributed by atoms with Gasteiger partial charge in [0.25, 0.3) is 0 Å². The van der Waals surface area contributed by atoms with Crippen molar-refractivity contribution in [1.82, 2.24) is 0 Å². The molecule has 0 aliphatic rings. The van der Waals surface area contributed by atoms with Crippen LogP contribution < -0.4 is 0 Å². The summed E-state index contributed by atoms with van der Waals surface area (Å²) in [7, 11) is -1.78. The molecule has 240 valence electrons. The van der Waals surface area contributed by atoms with E-state index in [9.17, 15) is 4.57 Å². The maximum absolute atomic E-state index is 12.1. The van der Waals surface area contributed by atoms with E-state index in [0.717, 1.165) is 25.6 Å². The summed E-state index contributed by atoms with van der Waals surface area (Å²) in [6.45, 7) is 5.30. The Kier molecular flexibility index (Phi) is 44.3. The molecule has 1 atom stereocenters. The van der Waals surface area contributed by atoms with Crippen molar-refractivity contribution in [3.63, 3.8) is 0 Å². The largest absolute Gasteiger partial charge is 0.330 e. The van der Waals surface area contributed by atoms with Crippen LogP contribution >= 0.6 is 8.03 Å². The third kappa shape index (κ3) is 39.5. The number of hydrogen-bond acceptors (Lipinski definition) is 2. The minimum Gasteiger partial charge on any atom is -0.330 e. The maximum Gasteiger partial charge on any atom is 0.191 e. The fourth-order valence-corrected chi connectivity index (χ4v) is 6.78. The molecule has 0 spiro atoms. The van der Waals surface area contributed by atoms with Gasteiger partial charge in [0, 0.05) is 47.0 Å². The second-order valence-corrected chi connectivity index (χ2v) is 14.1. The Hall–Kier alpha value is 1.54. The molecule has 0 radical (unpaired) electrons. The Morgan fingerprint density at radius 1 is 0.350 bits per heavy atom. The Morgan fingerprint density at radius 2 is 0.575 bits per heavy atom. The summed E-state index contributed by atoms with van der Waals surface area (Å²) in [6.07, 6.45) is 45.2. The zero-order chi connectivity index (χ0) is 28.3. The van der Waals surface area contributed by atoms with Gasteiger partial charge in [-0.25, -0.2) is 0 Å². The molecule has 0 heterocycles. The minimum atomic E-state index is -1.78. The van der Waals surface area contributed by atoms with Crippen molar-refractivity contribution in [3.05, 3.63) is 0 Å². The van der Waals surface area contributed by atoms with E-state index in [0.29, 0.717) is 0 Å². The topological polar surface area (TPSA) is 26.3 Å². The standard InChI is InChI=1S/C36H75O2P.Nd/c1-3-5-7-9-11-13-15-17-19-21-23-25-27-29-31-33-35-38-39(37)36-34-32-30-28-26-24-22-20-18-16-14-12-10-8-6-4-2;/h39H,3-36H2,1-2H3;. The zero-order valence-corrected chi connectivity index (χ0v) is 32.1. The monoisotopic (exact) mass is 712 g/mol. The first-order valence-corrected chi connectivity index (χ1v) is 20.0. The summed E-state index contributed by atoms with van der Waals surface area (Å²) in [5, 5.41) is 0. The van der Waals surface area contributed by atoms with Crippen LogP contribution in [0.1, 0.15) is 219 Å². The van der Waals surface area contributed by atoms with E-state index in [1.807, 2.05) is 0 Å². The van der Waals surface area contributed by atoms with Crippen LogP contribution in [0.4, 0.5) is 0 Å². The van der Waals surface area contributed by atoms with E-state index in [1.165, 1.54) is 193 Å². The molecule has 2 nitrogen and oxygen atoms in total. The Labute approximate surface area is 287 Å². The second kappa shape index (κ2) is 40.5. The molecule has 0 aliphatic carbocycles. The van der Waals surface area contributed by atoms with Crippen molar-refractivity contribution in [3.8, 4) is 0 Å². The molecule has 0 saturated heterocycles. The van der Waals surface area contributed by atoms with Crippen LogP contribution in [-0.2, 0) is 9.09 Å². The summed E-state index contributed by atoms with van der Waals surface area (Å²) in [4.78, 5) is 0. The zero-order valence-electron chi connectivity index (χ0n) is 27.9. The van der Waals surface area contributed by atoms with Crippen LogP contribution in [0.5, 0.6) is 0 Å². The van der Waals surface area contributed by atoms with Gasteiger partial charge < -0.3 is 4.52 Å². The molecule has 40 heavy (non-hydrogen) atoms. The van der Waals surface area contributed by atoms with Gasteiger partial charge in [-0.2, -0.15) is 0 Å². The van der Waals surface area contributed by atoms with E-state index in [4.69, 9.17) is 4.52 Å². The molecule has 0 rings (SSSR count). The fraction of sp³-hybridized carbons (Fsp3) is 1.00. The molecule has 0 amide bonds. The molecule has 0 fully saturated rings. The molecular formula is C36H75NdO2P. The van der Waals surface area contributed by atoms with E-state index >= 15 is 0 Å². The minimum absolute atomic E-state index is 0. The van der Waals surface area contributed by atoms with Crippen molar-refractivity contribution >= 4 is 8.03 Å². The average molecular weight is 715 g/mol. The normalized spacial score (nSPS) is 12.1. The number of hydrogen-bond donors (Lipinski definition) is 0. The van der Waals surface area contributed by atoms with Crippen molar-refractivity contribution < 1.29 is 49.9 Å². The van der Waals surface area contributed by atoms with Crippen LogP contribution in [0.3, 0.4) is 0 Å². The quantitative estimate of drug-likeness (QED) is 0.0482. The average Bonchev–Trinajstić information content (AvgIpc) is 2.94. The fourth-order valence-electron chi connectivity index (χ4n) is 5.73. The van der Waals surface area contributed by atoms with Gasteiger partial charge in [-0.05, 0) is 12.8 Å². The van der Waals surface area contributed by atoms with Gasteiger partial charge in [0.2, 0.25) is 0 Å². The number of rotatable bonds is 35. The first-order valence-electron chi connectivity index (χ1n) is 18.5. The summed E-state index contributed by atoms with van der Waals surface area (Å²) >= 11 is 0. The van der Waals surface area contributed by atoms with Gasteiger partial charge in [0.05, 0.1) is 6.61 Å². The molecule has 0 N–H and O–H groups in total. The molecule has 4 heteroatoms. The SMILES string of the molecule is CCCCCCCCCCCCCCCCCCO[PH](=O)CCCCCCCCCCCCCCCCCC.[Nd]. The summed E-state index contributed by atoms with van der Waals surface area (Å²) < 4.78 is 17.7. The van der Waals surface area contributed by atoms with Crippen molar-refractivity contribution in [2.75, 3.05) is 12.8 Å². The first kappa shape index (κ1) is 43.7. The summed E-state index contributed by atoms with van der Waals surface area (Å²) in [5.41, 5.74) is 0. The predicted octanol–water partition coefficient (Wildman–Crippen LogP) is 14.0. The van der Waals surface area contributed by atoms with Gasteiger partial charge in [-0.15, -0.1) is 0 Å². The van der Waals surface area contributed by atoms with Crippen LogP contribution in [0.25, 0.3) is 0 Å². The van der Waals surface area contributed by atoms with Crippen LogP contribution in [-0.4, -0.2) is 12.8 Å². The molecule has 0 aromatic carbocycles. The van der Waals surface area contributed by atoms with Crippen molar-refractivity contribution in [1.29, 1.82) is 0 Å². The van der Waals surface area contributed by atoms with E-state index in [-0.39, 0.29) is 40.8 Å². The van der Waals surface area contributed by atoms with Gasteiger partial charge in [0.15, 0.2) is 8.03 Å². The maximum atomic E-state index is 12.1. The molecular weight excluding hydrogens is 640 g/mol. The van der Waals surface area contributed by atoms with Gasteiger partial charge in [-0.1, -0.05) is 206 Å². The molecule has 1 unspecified atom stereocenters. The van der Waals surface area contributed by atoms with E-state index < -0.39 is 8.03 Å².